The molecule has 0 atom stereocenters. The molecule has 0 spiro atoms. The highest BCUT2D eigenvalue weighted by Gasteiger charge is 2.14. The summed E-state index contributed by atoms with van der Waals surface area (Å²) < 4.78 is 12.8. The molecule has 0 aliphatic heterocycles. The number of carbonyl (C=O) groups excluding carboxylic acids is 1. The lowest BCUT2D eigenvalue weighted by Crippen LogP contribution is -2.39. The van der Waals surface area contributed by atoms with E-state index in [1.54, 1.807) is 17.0 Å². The first-order valence-electron chi connectivity index (χ1n) is 6.33. The van der Waals surface area contributed by atoms with E-state index < -0.39 is 0 Å². The molecule has 1 rings (SSSR count). The fourth-order valence-corrected chi connectivity index (χ4v) is 1.79. The van der Waals surface area contributed by atoms with Crippen molar-refractivity contribution in [3.05, 3.63) is 42.2 Å². The highest BCUT2D eigenvalue weighted by atomic mass is 19.1. The molecule has 1 aromatic rings. The Labute approximate surface area is 114 Å². The molecular formula is C15H21FN2O. The van der Waals surface area contributed by atoms with E-state index in [-0.39, 0.29) is 18.3 Å². The molecule has 3 nitrogen and oxygen atoms in total. The Morgan fingerprint density at radius 3 is 2.32 bits per heavy atom. The van der Waals surface area contributed by atoms with Crippen LogP contribution in [0.1, 0.15) is 13.8 Å². The van der Waals surface area contributed by atoms with E-state index in [0.29, 0.717) is 13.1 Å². The Balaban J connectivity index is 2.64. The molecule has 0 aliphatic rings. The highest BCUT2D eigenvalue weighted by molar-refractivity contribution is 5.81. The molecule has 0 radical (unpaired) electrons. The average Bonchev–Trinajstić information content (AvgIpc) is 2.36. The third kappa shape index (κ3) is 4.73. The molecule has 0 unspecified atom stereocenters. The smallest absolute Gasteiger partial charge is 0.242 e. The monoisotopic (exact) mass is 264 g/mol. The molecule has 0 heterocycles. The molecule has 0 aromatic heterocycles. The molecule has 104 valence electrons. The van der Waals surface area contributed by atoms with Gasteiger partial charge >= 0.3 is 0 Å². The topological polar surface area (TPSA) is 23.6 Å². The Morgan fingerprint density at radius 2 is 1.84 bits per heavy atom. The Hall–Kier alpha value is -1.84. The fraction of sp³-hybridized carbons (Fsp3) is 0.400. The summed E-state index contributed by atoms with van der Waals surface area (Å²) in [6.45, 7) is 9.17. The number of halogens is 1. The Morgan fingerprint density at radius 1 is 1.26 bits per heavy atom. The number of amides is 1. The van der Waals surface area contributed by atoms with Gasteiger partial charge in [-0.25, -0.2) is 4.39 Å². The minimum absolute atomic E-state index is 0.0392. The average molecular weight is 264 g/mol. The first-order chi connectivity index (χ1) is 8.93. The van der Waals surface area contributed by atoms with E-state index in [1.165, 1.54) is 12.1 Å². The fourth-order valence-electron chi connectivity index (χ4n) is 1.79. The second-order valence-electron chi connectivity index (χ2n) is 4.70. The molecule has 4 heteroatoms. The molecule has 0 aliphatic carbocycles. The summed E-state index contributed by atoms with van der Waals surface area (Å²) in [5, 5.41) is 0. The van der Waals surface area contributed by atoms with Crippen molar-refractivity contribution in [1.29, 1.82) is 0 Å². The summed E-state index contributed by atoms with van der Waals surface area (Å²) in [6, 6.07) is 6.11. The van der Waals surface area contributed by atoms with Gasteiger partial charge < -0.3 is 9.80 Å². The first kappa shape index (κ1) is 15.2. The number of benzene rings is 1. The van der Waals surface area contributed by atoms with Crippen molar-refractivity contribution in [3.8, 4) is 0 Å². The lowest BCUT2D eigenvalue weighted by molar-refractivity contribution is -0.129. The maximum atomic E-state index is 12.8. The third-order valence-electron chi connectivity index (χ3n) is 2.84. The largest absolute Gasteiger partial charge is 0.365 e. The zero-order valence-corrected chi connectivity index (χ0v) is 11.8. The summed E-state index contributed by atoms with van der Waals surface area (Å²) in [5.74, 6) is -0.238. The summed E-state index contributed by atoms with van der Waals surface area (Å²) in [4.78, 5) is 15.7. The molecule has 0 fully saturated rings. The van der Waals surface area contributed by atoms with Crippen LogP contribution in [0.4, 0.5) is 10.1 Å². The quantitative estimate of drug-likeness (QED) is 0.738. The Bertz CT molecular complexity index is 442. The second kappa shape index (κ2) is 6.92. The highest BCUT2D eigenvalue weighted by Crippen LogP contribution is 2.13. The summed E-state index contributed by atoms with van der Waals surface area (Å²) in [7, 11) is 1.82. The van der Waals surface area contributed by atoms with Gasteiger partial charge in [0.1, 0.15) is 5.82 Å². The van der Waals surface area contributed by atoms with Gasteiger partial charge in [0.15, 0.2) is 0 Å². The van der Waals surface area contributed by atoms with Crippen LogP contribution in [0.2, 0.25) is 0 Å². The maximum absolute atomic E-state index is 12.8. The SMILES string of the molecule is C=C(C)CN(CC)C(=O)CN(C)c1ccc(F)cc1. The molecule has 0 saturated heterocycles. The van der Waals surface area contributed by atoms with Crippen LogP contribution in [-0.2, 0) is 4.79 Å². The van der Waals surface area contributed by atoms with Crippen molar-refractivity contribution >= 4 is 11.6 Å². The van der Waals surface area contributed by atoms with Gasteiger partial charge in [-0.05, 0) is 38.1 Å². The second-order valence-corrected chi connectivity index (χ2v) is 4.70. The van der Waals surface area contributed by atoms with Crippen molar-refractivity contribution in [1.82, 2.24) is 4.90 Å². The van der Waals surface area contributed by atoms with Gasteiger partial charge in [-0.15, -0.1) is 0 Å². The predicted octanol–water partition coefficient (Wildman–Crippen LogP) is 2.69. The number of hydrogen-bond donors (Lipinski definition) is 0. The first-order valence-corrected chi connectivity index (χ1v) is 6.33. The van der Waals surface area contributed by atoms with E-state index in [1.807, 2.05) is 25.8 Å². The van der Waals surface area contributed by atoms with Crippen molar-refractivity contribution in [2.45, 2.75) is 13.8 Å². The summed E-state index contributed by atoms with van der Waals surface area (Å²) >= 11 is 0. The number of nitrogens with zero attached hydrogens (tertiary/aromatic N) is 2. The van der Waals surface area contributed by atoms with Crippen molar-refractivity contribution < 1.29 is 9.18 Å². The van der Waals surface area contributed by atoms with Crippen LogP contribution in [0.5, 0.6) is 0 Å². The van der Waals surface area contributed by atoms with E-state index in [2.05, 4.69) is 6.58 Å². The zero-order valence-electron chi connectivity index (χ0n) is 11.8. The molecule has 1 aromatic carbocycles. The molecule has 0 bridgehead atoms. The summed E-state index contributed by atoms with van der Waals surface area (Å²) in [6.07, 6.45) is 0. The standard InChI is InChI=1S/C15H21FN2O/c1-5-18(10-12(2)3)15(19)11-17(4)14-8-6-13(16)7-9-14/h6-9H,2,5,10-11H2,1,3-4H3. The van der Waals surface area contributed by atoms with E-state index in [9.17, 15) is 9.18 Å². The number of anilines is 1. The normalized spacial score (nSPS) is 10.1. The third-order valence-corrected chi connectivity index (χ3v) is 2.84. The number of carbonyl (C=O) groups is 1. The van der Waals surface area contributed by atoms with Gasteiger partial charge in [0, 0.05) is 25.8 Å². The van der Waals surface area contributed by atoms with E-state index in [0.717, 1.165) is 11.3 Å². The minimum Gasteiger partial charge on any atom is -0.365 e. The van der Waals surface area contributed by atoms with Gasteiger partial charge in [-0.3, -0.25) is 4.79 Å². The maximum Gasteiger partial charge on any atom is 0.242 e. The Kier molecular flexibility index (Phi) is 5.55. The van der Waals surface area contributed by atoms with Crippen LogP contribution in [-0.4, -0.2) is 37.5 Å². The zero-order chi connectivity index (χ0) is 14.4. The van der Waals surface area contributed by atoms with Crippen LogP contribution < -0.4 is 4.90 Å². The van der Waals surface area contributed by atoms with Crippen molar-refractivity contribution in [2.24, 2.45) is 0 Å². The van der Waals surface area contributed by atoms with Gasteiger partial charge in [0.2, 0.25) is 5.91 Å². The van der Waals surface area contributed by atoms with Gasteiger partial charge in [0.05, 0.1) is 6.54 Å². The van der Waals surface area contributed by atoms with E-state index in [4.69, 9.17) is 0 Å². The number of likely N-dealkylation sites (N-methyl/N-ethyl adjacent to an activating group) is 2. The van der Waals surface area contributed by atoms with E-state index >= 15 is 0 Å². The van der Waals surface area contributed by atoms with Gasteiger partial charge in [-0.1, -0.05) is 12.2 Å². The molecule has 19 heavy (non-hydrogen) atoms. The van der Waals surface area contributed by atoms with Crippen LogP contribution in [0.15, 0.2) is 36.4 Å². The predicted molar refractivity (Wildman–Crippen MR) is 76.7 cm³/mol. The van der Waals surface area contributed by atoms with Gasteiger partial charge in [0.25, 0.3) is 0 Å². The minimum atomic E-state index is -0.277. The van der Waals surface area contributed by atoms with Gasteiger partial charge in [-0.2, -0.15) is 0 Å². The lowest BCUT2D eigenvalue weighted by Gasteiger charge is -2.25. The van der Waals surface area contributed by atoms with Crippen LogP contribution >= 0.6 is 0 Å². The lowest BCUT2D eigenvalue weighted by atomic mass is 10.2. The molecule has 0 saturated carbocycles. The van der Waals surface area contributed by atoms with Crippen LogP contribution in [0.25, 0.3) is 0 Å². The molecule has 0 N–H and O–H groups in total. The molecule has 1 amide bonds. The number of hydrogen-bond acceptors (Lipinski definition) is 2. The summed E-state index contributed by atoms with van der Waals surface area (Å²) in [5.41, 5.74) is 1.78. The van der Waals surface area contributed by atoms with Crippen LogP contribution in [0, 0.1) is 5.82 Å². The van der Waals surface area contributed by atoms with Crippen LogP contribution in [0.3, 0.4) is 0 Å². The van der Waals surface area contributed by atoms with Crippen molar-refractivity contribution in [2.75, 3.05) is 31.6 Å². The van der Waals surface area contributed by atoms with Crippen molar-refractivity contribution in [3.63, 3.8) is 0 Å². The number of rotatable bonds is 6. The molecular weight excluding hydrogens is 243 g/mol.